The zero-order chi connectivity index (χ0) is 14.9. The van der Waals surface area contributed by atoms with Crippen molar-refractivity contribution in [2.45, 2.75) is 6.54 Å². The molecule has 1 N–H and O–H groups in total. The Hall–Kier alpha value is -1.64. The highest BCUT2D eigenvalue weighted by molar-refractivity contribution is 7.87. The molecule has 2 rings (SSSR count). The fourth-order valence-corrected chi connectivity index (χ4v) is 2.54. The number of hydrogen-bond donors (Lipinski definition) is 1. The van der Waals surface area contributed by atoms with Crippen LogP contribution >= 0.6 is 0 Å². The zero-order valence-electron chi connectivity index (χ0n) is 11.7. The number of fused-ring (bicyclic) bond motifs is 1. The van der Waals surface area contributed by atoms with E-state index in [0.717, 1.165) is 9.69 Å². The summed E-state index contributed by atoms with van der Waals surface area (Å²) in [5.74, 6) is 0. The van der Waals surface area contributed by atoms with Gasteiger partial charge in [-0.05, 0) is 12.1 Å². The van der Waals surface area contributed by atoms with Crippen LogP contribution in [0.2, 0.25) is 0 Å². The predicted molar refractivity (Wildman–Crippen MR) is 77.8 cm³/mol. The molecule has 0 saturated carbocycles. The van der Waals surface area contributed by atoms with Gasteiger partial charge in [0.2, 0.25) is 0 Å². The third kappa shape index (κ3) is 2.77. The third-order valence-electron chi connectivity index (χ3n) is 3.12. The zero-order valence-corrected chi connectivity index (χ0v) is 12.5. The Morgan fingerprint density at radius 1 is 1.25 bits per heavy atom. The molecule has 110 valence electrons. The molecule has 0 amide bonds. The summed E-state index contributed by atoms with van der Waals surface area (Å²) in [5, 5.41) is 0.877. The van der Waals surface area contributed by atoms with Crippen LogP contribution < -0.4 is 10.3 Å². The van der Waals surface area contributed by atoms with Gasteiger partial charge in [0.15, 0.2) is 0 Å². The van der Waals surface area contributed by atoms with Crippen molar-refractivity contribution in [1.29, 1.82) is 0 Å². The first-order valence-electron chi connectivity index (χ1n) is 6.14. The van der Waals surface area contributed by atoms with E-state index in [-0.39, 0.29) is 18.6 Å². The van der Waals surface area contributed by atoms with Gasteiger partial charge in [-0.3, -0.25) is 4.79 Å². The lowest BCUT2D eigenvalue weighted by atomic mass is 10.3. The van der Waals surface area contributed by atoms with Crippen LogP contribution in [0.25, 0.3) is 10.9 Å². The second-order valence-corrected chi connectivity index (χ2v) is 6.70. The molecule has 0 saturated heterocycles. The van der Waals surface area contributed by atoms with Gasteiger partial charge in [-0.25, -0.2) is 4.72 Å². The maximum Gasteiger partial charge on any atom is 0.278 e. The summed E-state index contributed by atoms with van der Waals surface area (Å²) in [6.45, 7) is 0.448. The predicted octanol–water partition coefficient (Wildman–Crippen LogP) is -0.264. The van der Waals surface area contributed by atoms with Crippen molar-refractivity contribution in [2.75, 3.05) is 20.6 Å². The minimum atomic E-state index is -3.46. The molecule has 2 heterocycles. The van der Waals surface area contributed by atoms with Gasteiger partial charge in [0, 0.05) is 52.0 Å². The van der Waals surface area contributed by atoms with Crippen LogP contribution in [0, 0.1) is 0 Å². The summed E-state index contributed by atoms with van der Waals surface area (Å²) in [7, 11) is 1.25. The van der Waals surface area contributed by atoms with Gasteiger partial charge in [0.05, 0.1) is 0 Å². The van der Waals surface area contributed by atoms with Crippen LogP contribution in [0.15, 0.2) is 29.3 Å². The highest BCUT2D eigenvalue weighted by atomic mass is 32.2. The van der Waals surface area contributed by atoms with Gasteiger partial charge in [-0.1, -0.05) is 0 Å². The number of pyridine rings is 1. The average molecular weight is 298 g/mol. The van der Waals surface area contributed by atoms with Crippen molar-refractivity contribution in [2.24, 2.45) is 7.05 Å². The van der Waals surface area contributed by atoms with E-state index in [9.17, 15) is 13.2 Å². The lowest BCUT2D eigenvalue weighted by Crippen LogP contribution is -2.38. The van der Waals surface area contributed by atoms with Gasteiger partial charge in [0.25, 0.3) is 15.8 Å². The largest absolute Gasteiger partial charge is 0.346 e. The fourth-order valence-electron chi connectivity index (χ4n) is 1.93. The maximum atomic E-state index is 12.3. The summed E-state index contributed by atoms with van der Waals surface area (Å²) >= 11 is 0. The van der Waals surface area contributed by atoms with Crippen LogP contribution in [-0.4, -0.2) is 42.5 Å². The first-order valence-corrected chi connectivity index (χ1v) is 7.58. The van der Waals surface area contributed by atoms with E-state index in [0.29, 0.717) is 5.52 Å². The van der Waals surface area contributed by atoms with E-state index in [1.165, 1.54) is 18.7 Å². The molecule has 2 aromatic heterocycles. The summed E-state index contributed by atoms with van der Waals surface area (Å²) in [6, 6.07) is 3.72. The lowest BCUT2D eigenvalue weighted by molar-refractivity contribution is 0.500. The number of rotatable bonds is 5. The van der Waals surface area contributed by atoms with Crippen molar-refractivity contribution in [3.8, 4) is 0 Å². The number of nitrogens with zero attached hydrogens (tertiary/aromatic N) is 3. The minimum absolute atomic E-state index is 0.126. The third-order valence-corrected chi connectivity index (χ3v) is 4.65. The molecule has 8 heteroatoms. The van der Waals surface area contributed by atoms with Crippen molar-refractivity contribution in [3.63, 3.8) is 0 Å². The molecule has 0 aliphatic rings. The molecule has 0 radical (unpaired) electrons. The van der Waals surface area contributed by atoms with Crippen molar-refractivity contribution < 1.29 is 8.42 Å². The Bertz CT molecular complexity index is 774. The maximum absolute atomic E-state index is 12.3. The van der Waals surface area contributed by atoms with Gasteiger partial charge >= 0.3 is 0 Å². The summed E-state index contributed by atoms with van der Waals surface area (Å²) in [6.07, 6.45) is 3.50. The summed E-state index contributed by atoms with van der Waals surface area (Å²) in [4.78, 5) is 12.3. The average Bonchev–Trinajstić information content (AvgIpc) is 2.74. The van der Waals surface area contributed by atoms with Crippen LogP contribution in [0.3, 0.4) is 0 Å². The molecule has 0 spiro atoms. The Morgan fingerprint density at radius 3 is 2.55 bits per heavy atom. The van der Waals surface area contributed by atoms with Gasteiger partial charge in [-0.15, -0.1) is 0 Å². The van der Waals surface area contributed by atoms with E-state index in [1.54, 1.807) is 10.8 Å². The molecule has 0 atom stereocenters. The molecule has 0 aromatic carbocycles. The highest BCUT2D eigenvalue weighted by Crippen LogP contribution is 2.09. The van der Waals surface area contributed by atoms with Crippen molar-refractivity contribution >= 4 is 21.1 Å². The Morgan fingerprint density at radius 2 is 1.90 bits per heavy atom. The molecule has 0 bridgehead atoms. The normalized spacial score (nSPS) is 12.4. The van der Waals surface area contributed by atoms with Crippen LogP contribution in [0.1, 0.15) is 0 Å². The standard InChI is InChI=1S/C12H18N4O3S/c1-14(2)20(18,19)13-6-9-16-8-5-10-4-7-15(3)11(10)12(16)17/h4-5,7-8,13H,6,9H2,1-3H3. The smallest absolute Gasteiger partial charge is 0.278 e. The van der Waals surface area contributed by atoms with Gasteiger partial charge in [-0.2, -0.15) is 12.7 Å². The molecule has 0 fully saturated rings. The molecule has 2 aromatic rings. The first-order chi connectivity index (χ1) is 9.33. The van der Waals surface area contributed by atoms with Crippen LogP contribution in [-0.2, 0) is 23.8 Å². The molecule has 0 aliphatic heterocycles. The van der Waals surface area contributed by atoms with Crippen molar-refractivity contribution in [1.82, 2.24) is 18.2 Å². The molecule has 7 nitrogen and oxygen atoms in total. The van der Waals surface area contributed by atoms with E-state index >= 15 is 0 Å². The number of nitrogens with one attached hydrogen (secondary N) is 1. The quantitative estimate of drug-likeness (QED) is 0.826. The van der Waals surface area contributed by atoms with E-state index in [4.69, 9.17) is 0 Å². The first kappa shape index (κ1) is 14.8. The van der Waals surface area contributed by atoms with Crippen LogP contribution in [0.5, 0.6) is 0 Å². The minimum Gasteiger partial charge on any atom is -0.346 e. The summed E-state index contributed by atoms with van der Waals surface area (Å²) < 4.78 is 29.9. The molecule has 0 unspecified atom stereocenters. The van der Waals surface area contributed by atoms with E-state index in [1.807, 2.05) is 25.4 Å². The van der Waals surface area contributed by atoms with Crippen molar-refractivity contribution in [3.05, 3.63) is 34.9 Å². The second-order valence-electron chi connectivity index (χ2n) is 4.73. The lowest BCUT2D eigenvalue weighted by Gasteiger charge is -2.13. The SMILES string of the molecule is CN(C)S(=O)(=O)NCCn1ccc2ccn(C)c2c1=O. The van der Waals surface area contributed by atoms with Gasteiger partial charge < -0.3 is 9.13 Å². The van der Waals surface area contributed by atoms with Gasteiger partial charge in [0.1, 0.15) is 5.52 Å². The monoisotopic (exact) mass is 298 g/mol. The molecular weight excluding hydrogens is 280 g/mol. The second kappa shape index (κ2) is 5.39. The summed E-state index contributed by atoms with van der Waals surface area (Å²) in [5.41, 5.74) is 0.488. The number of aryl methyl sites for hydroxylation is 1. The highest BCUT2D eigenvalue weighted by Gasteiger charge is 2.12. The molecule has 20 heavy (non-hydrogen) atoms. The number of aromatic nitrogens is 2. The Labute approximate surface area is 117 Å². The molecular formula is C12H18N4O3S. The Kier molecular flexibility index (Phi) is 3.98. The van der Waals surface area contributed by atoms with Crippen LogP contribution in [0.4, 0.5) is 0 Å². The van der Waals surface area contributed by atoms with E-state index in [2.05, 4.69) is 4.72 Å². The topological polar surface area (TPSA) is 76.3 Å². The van der Waals surface area contributed by atoms with E-state index < -0.39 is 10.2 Å². The number of hydrogen-bond acceptors (Lipinski definition) is 3. The fraction of sp³-hybridized carbons (Fsp3) is 0.417. The molecule has 0 aliphatic carbocycles. The Balaban J connectivity index is 2.17.